The second-order valence-corrected chi connectivity index (χ2v) is 7.19. The summed E-state index contributed by atoms with van der Waals surface area (Å²) in [4.78, 5) is 13.2. The second-order valence-electron chi connectivity index (χ2n) is 5.84. The predicted molar refractivity (Wildman–Crippen MR) is 100 cm³/mol. The summed E-state index contributed by atoms with van der Waals surface area (Å²) in [6.07, 6.45) is 5.59. The summed E-state index contributed by atoms with van der Waals surface area (Å²) in [5, 5.41) is 0.327. The van der Waals surface area contributed by atoms with Gasteiger partial charge < -0.3 is 19.3 Å². The molecule has 3 aromatic heterocycles. The number of rotatable bonds is 5. The maximum atomic E-state index is 12.7. The molecule has 1 aromatic carbocycles. The number of methoxy groups -OCH3 is 1. The van der Waals surface area contributed by atoms with Crippen LogP contribution in [-0.2, 0) is 16.6 Å². The summed E-state index contributed by atoms with van der Waals surface area (Å²) in [5.74, 6) is 0.987. The highest BCUT2D eigenvalue weighted by Gasteiger charge is 2.10. The molecule has 0 aliphatic rings. The quantitative estimate of drug-likeness (QED) is 0.544. The van der Waals surface area contributed by atoms with Gasteiger partial charge in [0.05, 0.1) is 29.4 Å². The van der Waals surface area contributed by atoms with Gasteiger partial charge in [-0.15, -0.1) is 0 Å². The van der Waals surface area contributed by atoms with Crippen LogP contribution in [0.4, 0.5) is 0 Å². The lowest BCUT2D eigenvalue weighted by atomic mass is 10.2. The van der Waals surface area contributed by atoms with E-state index in [1.54, 1.807) is 19.4 Å². The van der Waals surface area contributed by atoms with E-state index in [9.17, 15) is 4.21 Å². The summed E-state index contributed by atoms with van der Waals surface area (Å²) < 4.78 is 20.0. The molecule has 3 heterocycles. The Morgan fingerprint density at radius 1 is 1.23 bits per heavy atom. The third-order valence-corrected chi connectivity index (χ3v) is 5.37. The maximum Gasteiger partial charge on any atom is 0.125 e. The van der Waals surface area contributed by atoms with Gasteiger partial charge in [0.25, 0.3) is 0 Å². The van der Waals surface area contributed by atoms with Gasteiger partial charge in [0, 0.05) is 35.0 Å². The van der Waals surface area contributed by atoms with Crippen molar-refractivity contribution in [1.82, 2.24) is 19.5 Å². The molecule has 0 radical (unpaired) electrons. The van der Waals surface area contributed by atoms with E-state index in [1.807, 2.05) is 54.2 Å². The zero-order valence-electron chi connectivity index (χ0n) is 14.4. The minimum atomic E-state index is -1.38. The molecule has 0 amide bonds. The van der Waals surface area contributed by atoms with Crippen LogP contribution in [0.1, 0.15) is 11.3 Å². The van der Waals surface area contributed by atoms with Gasteiger partial charge in [-0.25, -0.2) is 0 Å². The van der Waals surface area contributed by atoms with E-state index in [4.69, 9.17) is 4.74 Å². The minimum Gasteiger partial charge on any atom is -0.496 e. The van der Waals surface area contributed by atoms with Crippen LogP contribution in [0.2, 0.25) is 0 Å². The van der Waals surface area contributed by atoms with Gasteiger partial charge in [-0.2, -0.15) is 0 Å². The minimum absolute atomic E-state index is 0.254. The van der Waals surface area contributed by atoms with E-state index in [1.165, 1.54) is 0 Å². The average Bonchev–Trinajstić information content (AvgIpc) is 3.32. The number of ether oxygens (including phenoxy) is 1. The Morgan fingerprint density at radius 2 is 2.04 bits per heavy atom. The van der Waals surface area contributed by atoms with E-state index in [0.717, 1.165) is 33.7 Å². The fraction of sp³-hybridized carbons (Fsp3) is 0.158. The van der Waals surface area contributed by atoms with Gasteiger partial charge >= 0.3 is 0 Å². The van der Waals surface area contributed by atoms with Crippen molar-refractivity contribution in [2.75, 3.05) is 7.11 Å². The van der Waals surface area contributed by atoms with Crippen LogP contribution in [0.3, 0.4) is 0 Å². The van der Waals surface area contributed by atoms with Crippen molar-refractivity contribution in [2.24, 2.45) is 0 Å². The molecule has 0 bridgehead atoms. The third-order valence-electron chi connectivity index (χ3n) is 4.24. The lowest BCUT2D eigenvalue weighted by Crippen LogP contribution is -2.04. The van der Waals surface area contributed by atoms with Crippen molar-refractivity contribution in [1.29, 1.82) is 0 Å². The number of hydrogen-bond acceptors (Lipinski definition) is 4. The molecule has 0 aliphatic carbocycles. The van der Waals surface area contributed by atoms with Crippen LogP contribution in [0.25, 0.3) is 16.7 Å². The molecule has 1 unspecified atom stereocenters. The van der Waals surface area contributed by atoms with Crippen LogP contribution < -0.4 is 9.72 Å². The normalized spacial score (nSPS) is 12.4. The molecule has 0 spiro atoms. The molecular formula is C19H17N4O2S-. The molecule has 6 nitrogen and oxygen atoms in total. The highest BCUT2D eigenvalue weighted by atomic mass is 32.2. The van der Waals surface area contributed by atoms with E-state index < -0.39 is 10.8 Å². The van der Waals surface area contributed by atoms with Gasteiger partial charge in [0.2, 0.25) is 0 Å². The van der Waals surface area contributed by atoms with Crippen molar-refractivity contribution >= 4 is 21.8 Å². The van der Waals surface area contributed by atoms with E-state index in [0.29, 0.717) is 5.16 Å². The van der Waals surface area contributed by atoms with Crippen LogP contribution in [0, 0.1) is 6.92 Å². The highest BCUT2D eigenvalue weighted by molar-refractivity contribution is 7.84. The summed E-state index contributed by atoms with van der Waals surface area (Å²) in [5.41, 5.74) is 4.07. The van der Waals surface area contributed by atoms with E-state index in [2.05, 4.69) is 15.0 Å². The number of aromatic nitrogens is 4. The van der Waals surface area contributed by atoms with Crippen LogP contribution in [0.15, 0.2) is 60.1 Å². The molecule has 0 fully saturated rings. The average molecular weight is 365 g/mol. The zero-order valence-corrected chi connectivity index (χ0v) is 15.2. The zero-order chi connectivity index (χ0) is 18.1. The molecule has 0 saturated carbocycles. The number of fused-ring (bicyclic) bond motifs is 1. The first-order valence-electron chi connectivity index (χ1n) is 8.10. The lowest BCUT2D eigenvalue weighted by molar-refractivity contribution is 0.410. The summed E-state index contributed by atoms with van der Waals surface area (Å²) in [6.45, 7) is 1.91. The molecule has 7 heteroatoms. The maximum absolute atomic E-state index is 12.7. The molecule has 26 heavy (non-hydrogen) atoms. The van der Waals surface area contributed by atoms with Crippen molar-refractivity contribution in [3.8, 4) is 11.4 Å². The van der Waals surface area contributed by atoms with Crippen LogP contribution >= 0.6 is 0 Å². The SMILES string of the molecule is COc1ccnc(CS(=O)c2nc3cc(-n4cccc4)ccc3[n-]2)c1C. The smallest absolute Gasteiger partial charge is 0.125 e. The van der Waals surface area contributed by atoms with E-state index >= 15 is 0 Å². The Balaban J connectivity index is 1.63. The second kappa shape index (κ2) is 6.76. The topological polar surface area (TPSA) is 71.1 Å². The number of hydrogen-bond donors (Lipinski definition) is 0. The van der Waals surface area contributed by atoms with Gasteiger partial charge in [-0.3, -0.25) is 9.19 Å². The fourth-order valence-electron chi connectivity index (χ4n) is 2.81. The van der Waals surface area contributed by atoms with Crippen LogP contribution in [0.5, 0.6) is 5.75 Å². The Labute approximate surface area is 153 Å². The van der Waals surface area contributed by atoms with E-state index in [-0.39, 0.29) is 5.75 Å². The summed E-state index contributed by atoms with van der Waals surface area (Å²) in [6, 6.07) is 11.5. The van der Waals surface area contributed by atoms with Crippen molar-refractivity contribution in [3.05, 3.63) is 66.2 Å². The van der Waals surface area contributed by atoms with Gasteiger partial charge in [0.15, 0.2) is 0 Å². The highest BCUT2D eigenvalue weighted by Crippen LogP contribution is 2.22. The molecule has 0 N–H and O–H groups in total. The molecule has 4 rings (SSSR count). The standard InChI is InChI=1S/C19H17N4O2S/c1-13-17(20-8-7-18(13)25-2)12-26(24)19-21-15-6-5-14(11-16(15)22-19)23-9-3-4-10-23/h3-11H,12H2,1-2H3/q-1. The molecule has 0 aliphatic heterocycles. The molecule has 1 atom stereocenters. The number of nitrogens with zero attached hydrogens (tertiary/aromatic N) is 4. The Bertz CT molecular complexity index is 1090. The van der Waals surface area contributed by atoms with Gasteiger partial charge in [0.1, 0.15) is 5.75 Å². The monoisotopic (exact) mass is 365 g/mol. The first-order valence-corrected chi connectivity index (χ1v) is 9.42. The molecular weight excluding hydrogens is 348 g/mol. The Hall–Kier alpha value is -2.93. The van der Waals surface area contributed by atoms with Crippen LogP contribution in [-0.4, -0.2) is 25.9 Å². The first kappa shape index (κ1) is 16.5. The van der Waals surface area contributed by atoms with Gasteiger partial charge in [-0.05, 0) is 48.3 Å². The summed E-state index contributed by atoms with van der Waals surface area (Å²) >= 11 is 0. The van der Waals surface area contributed by atoms with Crippen molar-refractivity contribution < 1.29 is 8.95 Å². The largest absolute Gasteiger partial charge is 0.496 e. The number of benzene rings is 1. The lowest BCUT2D eigenvalue weighted by Gasteiger charge is -2.09. The Morgan fingerprint density at radius 3 is 2.81 bits per heavy atom. The predicted octanol–water partition coefficient (Wildman–Crippen LogP) is 3.00. The summed E-state index contributed by atoms with van der Waals surface area (Å²) in [7, 11) is 0.232. The number of imidazole rings is 1. The number of pyridine rings is 1. The van der Waals surface area contributed by atoms with Crippen molar-refractivity contribution in [3.63, 3.8) is 0 Å². The first-order chi connectivity index (χ1) is 12.7. The van der Waals surface area contributed by atoms with Gasteiger partial charge in [-0.1, -0.05) is 6.07 Å². The fourth-order valence-corrected chi connectivity index (χ4v) is 3.88. The molecule has 132 valence electrons. The molecule has 4 aromatic rings. The Kier molecular flexibility index (Phi) is 4.30. The molecule has 0 saturated heterocycles. The third kappa shape index (κ3) is 3.01. The van der Waals surface area contributed by atoms with Crippen molar-refractivity contribution in [2.45, 2.75) is 17.8 Å².